The van der Waals surface area contributed by atoms with Crippen LogP contribution in [0.3, 0.4) is 0 Å². The van der Waals surface area contributed by atoms with Crippen molar-refractivity contribution < 1.29 is 9.67 Å². The second-order valence-electron chi connectivity index (χ2n) is 1.93. The van der Waals surface area contributed by atoms with Crippen molar-refractivity contribution in [1.82, 2.24) is 0 Å². The van der Waals surface area contributed by atoms with Crippen LogP contribution in [-0.4, -0.2) is 5.11 Å². The monoisotopic (exact) mass is 136 g/mol. The van der Waals surface area contributed by atoms with Gasteiger partial charge >= 0.3 is 5.88 Å². The van der Waals surface area contributed by atoms with E-state index in [1.807, 2.05) is 18.2 Å². The van der Waals surface area contributed by atoms with Gasteiger partial charge < -0.3 is 5.11 Å². The maximum atomic E-state index is 9.15. The molecule has 1 aromatic heterocycles. The molecule has 1 heterocycles. The molecule has 0 amide bonds. The highest BCUT2D eigenvalue weighted by Gasteiger charge is 2.00. The molecule has 0 aliphatic rings. The average Bonchev–Trinajstić information content (AvgIpc) is 2.05. The third-order valence-electron chi connectivity index (χ3n) is 1.24. The number of nitrogens with zero attached hydrogens (tertiary/aromatic N) is 1. The summed E-state index contributed by atoms with van der Waals surface area (Å²) in [4.78, 5) is 0. The van der Waals surface area contributed by atoms with E-state index in [4.69, 9.17) is 5.11 Å². The van der Waals surface area contributed by atoms with E-state index in [1.165, 1.54) is 0 Å². The maximum Gasteiger partial charge on any atom is 0.366 e. The van der Waals surface area contributed by atoms with Gasteiger partial charge in [-0.1, -0.05) is 6.07 Å². The zero-order valence-corrected chi connectivity index (χ0v) is 5.86. The molecule has 0 saturated carbocycles. The van der Waals surface area contributed by atoms with E-state index in [0.29, 0.717) is 0 Å². The predicted molar refractivity (Wildman–Crippen MR) is 39.2 cm³/mol. The maximum absolute atomic E-state index is 9.15. The van der Waals surface area contributed by atoms with Gasteiger partial charge in [0.1, 0.15) is 0 Å². The lowest BCUT2D eigenvalue weighted by atomic mass is 10.5. The van der Waals surface area contributed by atoms with Crippen LogP contribution in [0, 0.1) is 0 Å². The molecule has 1 rings (SSSR count). The largest absolute Gasteiger partial charge is 0.460 e. The third-order valence-corrected chi connectivity index (χ3v) is 1.24. The van der Waals surface area contributed by atoms with E-state index in [1.54, 1.807) is 30.0 Å². The number of hydrogen-bond donors (Lipinski definition) is 1. The molecule has 0 aliphatic carbocycles. The van der Waals surface area contributed by atoms with E-state index >= 15 is 0 Å². The summed E-state index contributed by atoms with van der Waals surface area (Å²) < 4.78 is 1.64. The number of hydrogen-bond acceptors (Lipinski definition) is 1. The molecular weight excluding hydrogens is 126 g/mol. The number of aliphatic hydroxyl groups excluding tert-OH is 1. The average molecular weight is 136 g/mol. The first-order valence-electron chi connectivity index (χ1n) is 3.16. The van der Waals surface area contributed by atoms with Gasteiger partial charge in [0.2, 0.25) is 0 Å². The van der Waals surface area contributed by atoms with E-state index in [-0.39, 0.29) is 5.88 Å². The summed E-state index contributed by atoms with van der Waals surface area (Å²) >= 11 is 0. The van der Waals surface area contributed by atoms with E-state index in [2.05, 4.69) is 0 Å². The van der Waals surface area contributed by atoms with Gasteiger partial charge in [-0.05, 0) is 6.92 Å². The molecule has 2 nitrogen and oxygen atoms in total. The first-order valence-corrected chi connectivity index (χ1v) is 3.16. The lowest BCUT2D eigenvalue weighted by Crippen LogP contribution is -2.30. The minimum absolute atomic E-state index is 0.251. The fourth-order valence-electron chi connectivity index (χ4n) is 0.700. The lowest BCUT2D eigenvalue weighted by Gasteiger charge is -1.88. The lowest BCUT2D eigenvalue weighted by molar-refractivity contribution is -0.599. The van der Waals surface area contributed by atoms with Gasteiger partial charge in [0.05, 0.1) is 0 Å². The Morgan fingerprint density at radius 2 is 1.90 bits per heavy atom. The van der Waals surface area contributed by atoms with Crippen LogP contribution in [-0.2, 0) is 0 Å². The van der Waals surface area contributed by atoms with Crippen molar-refractivity contribution in [2.45, 2.75) is 6.92 Å². The first-order chi connectivity index (χ1) is 4.84. The molecule has 1 N–H and O–H groups in total. The highest BCUT2D eigenvalue weighted by atomic mass is 16.3. The Kier molecular flexibility index (Phi) is 2.05. The van der Waals surface area contributed by atoms with E-state index < -0.39 is 0 Å². The minimum atomic E-state index is 0.251. The Morgan fingerprint density at radius 1 is 1.30 bits per heavy atom. The van der Waals surface area contributed by atoms with Crippen molar-refractivity contribution in [2.24, 2.45) is 0 Å². The van der Waals surface area contributed by atoms with Gasteiger partial charge in [-0.15, -0.1) is 4.57 Å². The van der Waals surface area contributed by atoms with Gasteiger partial charge in [0, 0.05) is 18.2 Å². The molecule has 1 aromatic rings. The highest BCUT2D eigenvalue weighted by Crippen LogP contribution is 1.85. The van der Waals surface area contributed by atoms with Crippen LogP contribution in [0.25, 0.3) is 5.88 Å². The fourth-order valence-corrected chi connectivity index (χ4v) is 0.700. The Bertz CT molecular complexity index is 228. The standard InChI is InChI=1S/C8H9NO/c1-2-8(10)9-6-4-3-5-7-9/h2-7H,1H3/p+1/b8-2-. The Hall–Kier alpha value is -1.31. The zero-order valence-electron chi connectivity index (χ0n) is 5.86. The smallest absolute Gasteiger partial charge is 0.366 e. The molecule has 0 spiro atoms. The molecule has 0 aliphatic heterocycles. The Balaban J connectivity index is 2.96. The molecular formula is C8H10NO+. The fraction of sp³-hybridized carbons (Fsp3) is 0.125. The molecule has 0 fully saturated rings. The van der Waals surface area contributed by atoms with Crippen molar-refractivity contribution in [2.75, 3.05) is 0 Å². The number of allylic oxidation sites excluding steroid dienone is 1. The first kappa shape index (κ1) is 6.81. The summed E-state index contributed by atoms with van der Waals surface area (Å²) in [5.74, 6) is 0.251. The second kappa shape index (κ2) is 3.01. The molecule has 0 atom stereocenters. The Morgan fingerprint density at radius 3 is 2.40 bits per heavy atom. The van der Waals surface area contributed by atoms with Crippen LogP contribution < -0.4 is 4.57 Å². The van der Waals surface area contributed by atoms with E-state index in [9.17, 15) is 0 Å². The molecule has 2 heteroatoms. The Labute approximate surface area is 60.1 Å². The van der Waals surface area contributed by atoms with Crippen LogP contribution in [0.2, 0.25) is 0 Å². The van der Waals surface area contributed by atoms with Crippen molar-refractivity contribution in [3.8, 4) is 0 Å². The molecule has 0 bridgehead atoms. The zero-order chi connectivity index (χ0) is 7.40. The third kappa shape index (κ3) is 1.35. The summed E-state index contributed by atoms with van der Waals surface area (Å²) in [5, 5.41) is 9.15. The molecule has 10 heavy (non-hydrogen) atoms. The van der Waals surface area contributed by atoms with Gasteiger partial charge in [-0.25, -0.2) is 0 Å². The van der Waals surface area contributed by atoms with Gasteiger partial charge in [-0.3, -0.25) is 0 Å². The molecule has 52 valence electrons. The van der Waals surface area contributed by atoms with Gasteiger partial charge in [0.25, 0.3) is 0 Å². The summed E-state index contributed by atoms with van der Waals surface area (Å²) in [5.41, 5.74) is 0. The molecule has 0 aromatic carbocycles. The topological polar surface area (TPSA) is 24.1 Å². The van der Waals surface area contributed by atoms with Crippen molar-refractivity contribution in [1.29, 1.82) is 0 Å². The molecule has 0 saturated heterocycles. The van der Waals surface area contributed by atoms with Crippen LogP contribution >= 0.6 is 0 Å². The summed E-state index contributed by atoms with van der Waals surface area (Å²) in [7, 11) is 0. The van der Waals surface area contributed by atoms with Crippen LogP contribution in [0.15, 0.2) is 36.7 Å². The number of pyridine rings is 1. The minimum Gasteiger partial charge on any atom is -0.460 e. The van der Waals surface area contributed by atoms with Crippen LogP contribution in [0.1, 0.15) is 6.92 Å². The quantitative estimate of drug-likeness (QED) is 0.457. The normalized spacial score (nSPS) is 11.5. The van der Waals surface area contributed by atoms with Crippen LogP contribution in [0.4, 0.5) is 0 Å². The summed E-state index contributed by atoms with van der Waals surface area (Å²) in [6, 6.07) is 5.62. The van der Waals surface area contributed by atoms with Gasteiger partial charge in [-0.2, -0.15) is 0 Å². The highest BCUT2D eigenvalue weighted by molar-refractivity contribution is 5.17. The van der Waals surface area contributed by atoms with Crippen molar-refractivity contribution >= 4 is 5.88 Å². The van der Waals surface area contributed by atoms with Crippen molar-refractivity contribution in [3.63, 3.8) is 0 Å². The second-order valence-corrected chi connectivity index (χ2v) is 1.93. The molecule has 0 unspecified atom stereocenters. The molecule has 0 radical (unpaired) electrons. The summed E-state index contributed by atoms with van der Waals surface area (Å²) in [6.45, 7) is 1.79. The number of aliphatic hydroxyl groups is 1. The predicted octanol–water partition coefficient (Wildman–Crippen LogP) is 1.35. The summed E-state index contributed by atoms with van der Waals surface area (Å²) in [6.07, 6.45) is 5.21. The number of aromatic nitrogens is 1. The van der Waals surface area contributed by atoms with Gasteiger partial charge in [0.15, 0.2) is 12.4 Å². The van der Waals surface area contributed by atoms with E-state index in [0.717, 1.165) is 0 Å². The SMILES string of the molecule is C/C=C(\O)[n+]1ccccc1. The number of rotatable bonds is 1. The van der Waals surface area contributed by atoms with Crippen LogP contribution in [0.5, 0.6) is 0 Å². The van der Waals surface area contributed by atoms with Crippen molar-refractivity contribution in [3.05, 3.63) is 36.7 Å².